The van der Waals surface area contributed by atoms with E-state index in [2.05, 4.69) is 55.5 Å². The number of benzene rings is 2. The van der Waals surface area contributed by atoms with E-state index in [0.29, 0.717) is 18.3 Å². The van der Waals surface area contributed by atoms with E-state index in [1.165, 1.54) is 11.1 Å². The summed E-state index contributed by atoms with van der Waals surface area (Å²) in [4.78, 5) is 11.5. The van der Waals surface area contributed by atoms with E-state index in [9.17, 15) is 4.79 Å². The van der Waals surface area contributed by atoms with Crippen LogP contribution in [0.2, 0.25) is 0 Å². The first-order valence-electron chi connectivity index (χ1n) is 7.26. The molecule has 0 heterocycles. The number of carbonyl (C=O) groups is 1. The van der Waals surface area contributed by atoms with Gasteiger partial charge in [-0.3, -0.25) is 0 Å². The number of hydrogen-bond acceptors (Lipinski definition) is 1. The van der Waals surface area contributed by atoms with E-state index in [4.69, 9.17) is 0 Å². The van der Waals surface area contributed by atoms with Gasteiger partial charge in [-0.05, 0) is 36.3 Å². The normalized spacial score (nSPS) is 13.7. The van der Waals surface area contributed by atoms with Crippen LogP contribution >= 0.6 is 0 Å². The maximum Gasteiger partial charge on any atom is 0.130 e. The van der Waals surface area contributed by atoms with Gasteiger partial charge < -0.3 is 4.79 Å². The fourth-order valence-corrected chi connectivity index (χ4v) is 2.75. The van der Waals surface area contributed by atoms with Crippen LogP contribution in [0.3, 0.4) is 0 Å². The van der Waals surface area contributed by atoms with Gasteiger partial charge in [0.2, 0.25) is 0 Å². The molecular weight excluding hydrogens is 244 g/mol. The van der Waals surface area contributed by atoms with Gasteiger partial charge in [-0.15, -0.1) is 0 Å². The Morgan fingerprint density at radius 3 is 1.90 bits per heavy atom. The first kappa shape index (κ1) is 14.5. The number of ketones is 1. The van der Waals surface area contributed by atoms with Crippen molar-refractivity contribution in [2.45, 2.75) is 38.5 Å². The summed E-state index contributed by atoms with van der Waals surface area (Å²) in [7, 11) is 0. The molecule has 104 valence electrons. The van der Waals surface area contributed by atoms with E-state index < -0.39 is 0 Å². The number of rotatable bonds is 6. The molecule has 20 heavy (non-hydrogen) atoms. The summed E-state index contributed by atoms with van der Waals surface area (Å²) in [6, 6.07) is 20.9. The van der Waals surface area contributed by atoms with Gasteiger partial charge in [0, 0.05) is 6.42 Å². The van der Waals surface area contributed by atoms with Crippen LogP contribution in [0.25, 0.3) is 0 Å². The Hall–Kier alpha value is -1.89. The lowest BCUT2D eigenvalue weighted by Crippen LogP contribution is -2.08. The minimum Gasteiger partial charge on any atom is -0.300 e. The van der Waals surface area contributed by atoms with E-state index in [1.54, 1.807) is 6.92 Å². The molecule has 0 bridgehead atoms. The fraction of sp³-hybridized carbons (Fsp3) is 0.316. The van der Waals surface area contributed by atoms with Crippen LogP contribution in [-0.2, 0) is 4.79 Å². The van der Waals surface area contributed by atoms with Gasteiger partial charge >= 0.3 is 0 Å². The zero-order valence-electron chi connectivity index (χ0n) is 12.3. The van der Waals surface area contributed by atoms with Crippen molar-refractivity contribution in [3.05, 3.63) is 71.8 Å². The summed E-state index contributed by atoms with van der Waals surface area (Å²) in [5, 5.41) is 0. The third-order valence-electron chi connectivity index (χ3n) is 3.81. The molecule has 0 unspecified atom stereocenters. The van der Waals surface area contributed by atoms with Crippen LogP contribution in [-0.4, -0.2) is 5.78 Å². The molecule has 0 aliphatic carbocycles. The monoisotopic (exact) mass is 266 g/mol. The molecule has 0 saturated heterocycles. The molecule has 1 nitrogen and oxygen atoms in total. The lowest BCUT2D eigenvalue weighted by molar-refractivity contribution is -0.117. The zero-order chi connectivity index (χ0) is 14.4. The molecule has 2 aromatic rings. The van der Waals surface area contributed by atoms with Gasteiger partial charge in [-0.2, -0.15) is 0 Å². The average molecular weight is 266 g/mol. The van der Waals surface area contributed by atoms with Gasteiger partial charge in [0.1, 0.15) is 5.78 Å². The predicted molar refractivity (Wildman–Crippen MR) is 84.0 cm³/mol. The Labute approximate surface area is 121 Å². The summed E-state index contributed by atoms with van der Waals surface area (Å²) >= 11 is 0. The molecule has 0 aliphatic rings. The first-order valence-corrected chi connectivity index (χ1v) is 7.26. The Bertz CT molecular complexity index is 530. The van der Waals surface area contributed by atoms with Crippen LogP contribution < -0.4 is 0 Å². The third-order valence-corrected chi connectivity index (χ3v) is 3.81. The highest BCUT2D eigenvalue weighted by Crippen LogP contribution is 2.32. The minimum atomic E-state index is 0.263. The number of hydrogen-bond donors (Lipinski definition) is 0. The Morgan fingerprint density at radius 2 is 1.40 bits per heavy atom. The molecule has 0 saturated carbocycles. The number of carbonyl (C=O) groups excluding carboxylic acids is 1. The number of Topliss-reactive ketones (excluding diaryl/α,β-unsaturated/α-hetero) is 1. The Morgan fingerprint density at radius 1 is 0.900 bits per heavy atom. The minimum absolute atomic E-state index is 0.263. The van der Waals surface area contributed by atoms with Gasteiger partial charge in [0.15, 0.2) is 0 Å². The first-order chi connectivity index (χ1) is 9.66. The van der Waals surface area contributed by atoms with Gasteiger partial charge in [0.25, 0.3) is 0 Å². The van der Waals surface area contributed by atoms with E-state index in [1.807, 2.05) is 12.1 Å². The van der Waals surface area contributed by atoms with Crippen LogP contribution in [0.15, 0.2) is 60.7 Å². The lowest BCUT2D eigenvalue weighted by atomic mass is 9.83. The topological polar surface area (TPSA) is 17.1 Å². The molecule has 0 radical (unpaired) electrons. The summed E-state index contributed by atoms with van der Waals surface area (Å²) < 4.78 is 0. The Kier molecular flexibility index (Phi) is 5.11. The molecule has 0 aromatic heterocycles. The molecule has 0 aliphatic heterocycles. The van der Waals surface area contributed by atoms with Crippen LogP contribution in [0.4, 0.5) is 0 Å². The highest BCUT2D eigenvalue weighted by molar-refractivity contribution is 5.76. The second-order valence-corrected chi connectivity index (χ2v) is 5.56. The molecule has 2 rings (SSSR count). The van der Waals surface area contributed by atoms with Gasteiger partial charge in [-0.1, -0.05) is 67.6 Å². The second kappa shape index (κ2) is 7.04. The van der Waals surface area contributed by atoms with Gasteiger partial charge in [-0.25, -0.2) is 0 Å². The van der Waals surface area contributed by atoms with Crippen molar-refractivity contribution in [1.29, 1.82) is 0 Å². The smallest absolute Gasteiger partial charge is 0.130 e. The zero-order valence-corrected chi connectivity index (χ0v) is 12.3. The highest BCUT2D eigenvalue weighted by Gasteiger charge is 2.18. The fourth-order valence-electron chi connectivity index (χ4n) is 2.75. The van der Waals surface area contributed by atoms with E-state index in [0.717, 1.165) is 6.42 Å². The van der Waals surface area contributed by atoms with Crippen molar-refractivity contribution in [3.8, 4) is 0 Å². The SMILES string of the molecule is CC(=O)C[C@@H](C[C@H](C)c1ccccc1)c1ccccc1. The summed E-state index contributed by atoms with van der Waals surface area (Å²) in [6.07, 6.45) is 1.63. The Balaban J connectivity index is 2.14. The third kappa shape index (κ3) is 4.06. The predicted octanol–water partition coefficient (Wildman–Crippen LogP) is 4.94. The maximum absolute atomic E-state index is 11.5. The summed E-state index contributed by atoms with van der Waals surface area (Å²) in [6.45, 7) is 3.93. The second-order valence-electron chi connectivity index (χ2n) is 5.56. The molecule has 0 spiro atoms. The van der Waals surface area contributed by atoms with Gasteiger partial charge in [0.05, 0.1) is 0 Å². The molecular formula is C19H22O. The van der Waals surface area contributed by atoms with Crippen LogP contribution in [0.5, 0.6) is 0 Å². The van der Waals surface area contributed by atoms with E-state index in [-0.39, 0.29) is 5.78 Å². The van der Waals surface area contributed by atoms with Crippen molar-refractivity contribution < 1.29 is 4.79 Å². The molecule has 0 fully saturated rings. The molecule has 2 atom stereocenters. The largest absolute Gasteiger partial charge is 0.300 e. The van der Waals surface area contributed by atoms with Crippen molar-refractivity contribution in [2.75, 3.05) is 0 Å². The van der Waals surface area contributed by atoms with Crippen molar-refractivity contribution in [1.82, 2.24) is 0 Å². The van der Waals surface area contributed by atoms with Crippen LogP contribution in [0, 0.1) is 0 Å². The lowest BCUT2D eigenvalue weighted by Gasteiger charge is -2.21. The van der Waals surface area contributed by atoms with Crippen molar-refractivity contribution in [3.63, 3.8) is 0 Å². The summed E-state index contributed by atoms with van der Waals surface area (Å²) in [5.74, 6) is 1.03. The molecule has 2 aromatic carbocycles. The molecule has 0 N–H and O–H groups in total. The molecule has 1 heteroatoms. The van der Waals surface area contributed by atoms with Crippen molar-refractivity contribution in [2.24, 2.45) is 0 Å². The molecule has 0 amide bonds. The van der Waals surface area contributed by atoms with E-state index >= 15 is 0 Å². The highest BCUT2D eigenvalue weighted by atomic mass is 16.1. The average Bonchev–Trinajstić information content (AvgIpc) is 2.48. The van der Waals surface area contributed by atoms with Crippen LogP contribution in [0.1, 0.15) is 49.7 Å². The maximum atomic E-state index is 11.5. The quantitative estimate of drug-likeness (QED) is 0.723. The van der Waals surface area contributed by atoms with Crippen molar-refractivity contribution >= 4 is 5.78 Å². The standard InChI is InChI=1S/C19H22O/c1-15(17-9-5-3-6-10-17)13-19(14-16(2)20)18-11-7-4-8-12-18/h3-12,15,19H,13-14H2,1-2H3/t15-,19+/m0/s1. The summed E-state index contributed by atoms with van der Waals surface area (Å²) in [5.41, 5.74) is 2.61.